The first kappa shape index (κ1) is 11.2. The monoisotopic (exact) mass is 247 g/mol. The van der Waals surface area contributed by atoms with E-state index in [0.29, 0.717) is 12.2 Å². The highest BCUT2D eigenvalue weighted by molar-refractivity contribution is 5.39. The summed E-state index contributed by atoms with van der Waals surface area (Å²) in [6.07, 6.45) is 3.95. The zero-order valence-corrected chi connectivity index (χ0v) is 10.0. The van der Waals surface area contributed by atoms with E-state index in [0.717, 1.165) is 11.3 Å². The lowest BCUT2D eigenvalue weighted by Gasteiger charge is -2.30. The van der Waals surface area contributed by atoms with E-state index in [2.05, 4.69) is 4.98 Å². The van der Waals surface area contributed by atoms with Gasteiger partial charge in [0.25, 0.3) is 0 Å². The van der Waals surface area contributed by atoms with Crippen LogP contribution in [0, 0.1) is 5.82 Å². The molecule has 2 heterocycles. The molecular weight excluding hydrogens is 233 g/mol. The van der Waals surface area contributed by atoms with Gasteiger partial charge in [-0.25, -0.2) is 9.37 Å². The second-order valence-electron chi connectivity index (χ2n) is 4.56. The molecule has 94 valence electrons. The first-order valence-corrected chi connectivity index (χ1v) is 5.83. The first-order chi connectivity index (χ1) is 8.65. The Hall–Kier alpha value is -1.88. The Kier molecular flexibility index (Phi) is 2.56. The molecule has 3 rings (SSSR count). The molecule has 1 aliphatic rings. The maximum atomic E-state index is 13.2. The van der Waals surface area contributed by atoms with Crippen LogP contribution in [0.4, 0.5) is 4.39 Å². The van der Waals surface area contributed by atoms with Gasteiger partial charge in [-0.2, -0.15) is 0 Å². The lowest BCUT2D eigenvalue weighted by Crippen LogP contribution is -2.25. The van der Waals surface area contributed by atoms with Gasteiger partial charge >= 0.3 is 0 Å². The summed E-state index contributed by atoms with van der Waals surface area (Å²) in [5.41, 5.74) is 7.91. The normalized spacial score (nSPS) is 22.4. The van der Waals surface area contributed by atoms with Crippen LogP contribution in [0.2, 0.25) is 0 Å². The zero-order chi connectivity index (χ0) is 12.7. The van der Waals surface area contributed by atoms with Crippen LogP contribution in [0.1, 0.15) is 29.8 Å². The molecule has 0 fully saturated rings. The molecule has 2 atom stereocenters. The van der Waals surface area contributed by atoms with Gasteiger partial charge in [0.2, 0.25) is 0 Å². The van der Waals surface area contributed by atoms with Crippen LogP contribution in [-0.2, 0) is 7.05 Å². The Balaban J connectivity index is 1.98. The maximum absolute atomic E-state index is 13.2. The number of halogens is 1. The molecule has 18 heavy (non-hydrogen) atoms. The summed E-state index contributed by atoms with van der Waals surface area (Å²) < 4.78 is 21.0. The molecule has 2 N–H and O–H groups in total. The van der Waals surface area contributed by atoms with Gasteiger partial charge in [0.05, 0.1) is 18.2 Å². The number of fused-ring (bicyclic) bond motifs is 1. The molecule has 0 saturated heterocycles. The van der Waals surface area contributed by atoms with Crippen LogP contribution in [0.5, 0.6) is 5.75 Å². The van der Waals surface area contributed by atoms with E-state index in [-0.39, 0.29) is 18.0 Å². The summed E-state index contributed by atoms with van der Waals surface area (Å²) in [5, 5.41) is 0. The number of rotatable bonds is 1. The Morgan fingerprint density at radius 3 is 3.06 bits per heavy atom. The van der Waals surface area contributed by atoms with Crippen molar-refractivity contribution >= 4 is 0 Å². The van der Waals surface area contributed by atoms with Crippen molar-refractivity contribution in [1.82, 2.24) is 9.55 Å². The number of nitrogens with two attached hydrogens (primary N) is 1. The fourth-order valence-corrected chi connectivity index (χ4v) is 2.33. The molecule has 1 aliphatic heterocycles. The van der Waals surface area contributed by atoms with Crippen LogP contribution in [0.3, 0.4) is 0 Å². The van der Waals surface area contributed by atoms with Gasteiger partial charge in [0, 0.05) is 31.1 Å². The summed E-state index contributed by atoms with van der Waals surface area (Å²) in [6.45, 7) is 0. The molecule has 1 aromatic carbocycles. The summed E-state index contributed by atoms with van der Waals surface area (Å²) >= 11 is 0. The number of imidazole rings is 1. The van der Waals surface area contributed by atoms with Gasteiger partial charge < -0.3 is 15.0 Å². The first-order valence-electron chi connectivity index (χ1n) is 5.83. The molecule has 2 aromatic rings. The van der Waals surface area contributed by atoms with Gasteiger partial charge in [-0.1, -0.05) is 6.07 Å². The molecule has 1 aromatic heterocycles. The third-order valence-corrected chi connectivity index (χ3v) is 3.30. The molecular formula is C13H14FN3O. The van der Waals surface area contributed by atoms with Crippen molar-refractivity contribution in [1.29, 1.82) is 0 Å². The van der Waals surface area contributed by atoms with Gasteiger partial charge in [-0.15, -0.1) is 0 Å². The second-order valence-corrected chi connectivity index (χ2v) is 4.56. The van der Waals surface area contributed by atoms with Crippen LogP contribution < -0.4 is 10.5 Å². The molecule has 5 heteroatoms. The van der Waals surface area contributed by atoms with Gasteiger partial charge in [0.1, 0.15) is 17.7 Å². The molecule has 0 spiro atoms. The van der Waals surface area contributed by atoms with Crippen molar-refractivity contribution in [3.05, 3.63) is 47.8 Å². The van der Waals surface area contributed by atoms with Gasteiger partial charge in [-0.05, 0) is 6.07 Å². The van der Waals surface area contributed by atoms with E-state index in [4.69, 9.17) is 10.5 Å². The summed E-state index contributed by atoms with van der Waals surface area (Å²) in [7, 11) is 1.90. The number of hydrogen-bond donors (Lipinski definition) is 1. The Labute approximate surface area is 104 Å². The third kappa shape index (κ3) is 1.76. The highest BCUT2D eigenvalue weighted by Crippen LogP contribution is 2.39. The smallest absolute Gasteiger partial charge is 0.142 e. The minimum atomic E-state index is -0.313. The van der Waals surface area contributed by atoms with Crippen LogP contribution in [-0.4, -0.2) is 9.55 Å². The van der Waals surface area contributed by atoms with E-state index in [1.807, 2.05) is 11.6 Å². The highest BCUT2D eigenvalue weighted by Gasteiger charge is 2.28. The molecule has 0 amide bonds. The summed E-state index contributed by atoms with van der Waals surface area (Å²) in [5.74, 6) is 0.214. The van der Waals surface area contributed by atoms with Crippen LogP contribution in [0.25, 0.3) is 0 Å². The van der Waals surface area contributed by atoms with Crippen molar-refractivity contribution in [3.63, 3.8) is 0 Å². The number of benzene rings is 1. The Morgan fingerprint density at radius 2 is 2.33 bits per heavy atom. The van der Waals surface area contributed by atoms with Crippen molar-refractivity contribution in [2.45, 2.75) is 18.6 Å². The van der Waals surface area contributed by atoms with E-state index >= 15 is 0 Å². The van der Waals surface area contributed by atoms with E-state index < -0.39 is 0 Å². The predicted octanol–water partition coefficient (Wildman–Crippen LogP) is 2.08. The fraction of sp³-hybridized carbons (Fsp3) is 0.308. The predicted molar refractivity (Wildman–Crippen MR) is 64.5 cm³/mol. The van der Waals surface area contributed by atoms with Crippen LogP contribution in [0.15, 0.2) is 30.7 Å². The fourth-order valence-electron chi connectivity index (χ4n) is 2.33. The van der Waals surface area contributed by atoms with Crippen LogP contribution >= 0.6 is 0 Å². The molecule has 0 radical (unpaired) electrons. The van der Waals surface area contributed by atoms with E-state index in [1.165, 1.54) is 12.1 Å². The van der Waals surface area contributed by atoms with Crippen molar-refractivity contribution < 1.29 is 9.13 Å². The second kappa shape index (κ2) is 4.10. The molecule has 4 nitrogen and oxygen atoms in total. The number of nitrogens with zero attached hydrogens (tertiary/aromatic N) is 2. The Bertz CT molecular complexity index is 581. The molecule has 0 aliphatic carbocycles. The minimum absolute atomic E-state index is 0.144. The van der Waals surface area contributed by atoms with E-state index in [9.17, 15) is 4.39 Å². The minimum Gasteiger partial charge on any atom is -0.484 e. The SMILES string of the molecule is Cn1cncc1C1CC(N)c2ccc(F)cc2O1. The number of hydrogen-bond acceptors (Lipinski definition) is 3. The zero-order valence-electron chi connectivity index (χ0n) is 10.0. The standard InChI is InChI=1S/C13H14FN3O/c1-17-7-16-6-11(17)13-5-10(15)9-3-2-8(14)4-12(9)18-13/h2-4,6-7,10,13H,5,15H2,1H3. The Morgan fingerprint density at radius 1 is 1.50 bits per heavy atom. The average molecular weight is 247 g/mol. The lowest BCUT2D eigenvalue weighted by atomic mass is 9.96. The van der Waals surface area contributed by atoms with Gasteiger partial charge in [0.15, 0.2) is 0 Å². The van der Waals surface area contributed by atoms with Crippen molar-refractivity contribution in [2.75, 3.05) is 0 Å². The molecule has 0 bridgehead atoms. The highest BCUT2D eigenvalue weighted by atomic mass is 19.1. The van der Waals surface area contributed by atoms with E-state index in [1.54, 1.807) is 18.6 Å². The number of ether oxygens (including phenoxy) is 1. The number of aromatic nitrogens is 2. The average Bonchev–Trinajstić information content (AvgIpc) is 2.74. The third-order valence-electron chi connectivity index (χ3n) is 3.30. The quantitative estimate of drug-likeness (QED) is 0.839. The summed E-state index contributed by atoms with van der Waals surface area (Å²) in [4.78, 5) is 4.06. The van der Waals surface area contributed by atoms with Gasteiger partial charge in [-0.3, -0.25) is 0 Å². The topological polar surface area (TPSA) is 53.1 Å². The molecule has 0 saturated carbocycles. The summed E-state index contributed by atoms with van der Waals surface area (Å²) in [6, 6.07) is 4.34. The lowest BCUT2D eigenvalue weighted by molar-refractivity contribution is 0.153. The molecule has 2 unspecified atom stereocenters. The van der Waals surface area contributed by atoms with Crippen molar-refractivity contribution in [3.8, 4) is 5.75 Å². The largest absolute Gasteiger partial charge is 0.484 e. The number of aryl methyl sites for hydroxylation is 1. The van der Waals surface area contributed by atoms with Crippen molar-refractivity contribution in [2.24, 2.45) is 12.8 Å². The maximum Gasteiger partial charge on any atom is 0.142 e.